The summed E-state index contributed by atoms with van der Waals surface area (Å²) in [5.74, 6) is 0. The van der Waals surface area contributed by atoms with Gasteiger partial charge in [-0.2, -0.15) is 0 Å². The fraction of sp³-hybridized carbons (Fsp3) is 0.538. The lowest BCUT2D eigenvalue weighted by Crippen LogP contribution is -2.39. The van der Waals surface area contributed by atoms with Gasteiger partial charge in [-0.3, -0.25) is 0 Å². The molecule has 0 aromatic heterocycles. The molecule has 1 nitrogen and oxygen atoms in total. The highest BCUT2D eigenvalue weighted by Crippen LogP contribution is 2.45. The predicted octanol–water partition coefficient (Wildman–Crippen LogP) is 5.23. The van der Waals surface area contributed by atoms with E-state index in [-0.39, 0.29) is 11.0 Å². The molecule has 0 heterocycles. The maximum atomic E-state index is 6.43. The molecule has 0 spiro atoms. The molecule has 1 unspecified atom stereocenters. The Kier molecular flexibility index (Phi) is 4.25. The fourth-order valence-electron chi connectivity index (χ4n) is 2.25. The van der Waals surface area contributed by atoms with E-state index in [2.05, 4.69) is 0 Å². The largest absolute Gasteiger partial charge is 0.378 e. The average molecular weight is 294 g/mol. The highest BCUT2D eigenvalue weighted by Gasteiger charge is 2.39. The summed E-state index contributed by atoms with van der Waals surface area (Å²) in [5, 5.41) is 1.14. The van der Waals surface area contributed by atoms with Crippen LogP contribution in [0.3, 0.4) is 0 Å². The van der Waals surface area contributed by atoms with Gasteiger partial charge in [0.1, 0.15) is 0 Å². The third-order valence-corrected chi connectivity index (χ3v) is 4.50. The van der Waals surface area contributed by atoms with E-state index in [9.17, 15) is 0 Å². The van der Waals surface area contributed by atoms with Crippen LogP contribution < -0.4 is 0 Å². The topological polar surface area (TPSA) is 9.23 Å². The molecule has 4 heteroatoms. The van der Waals surface area contributed by atoms with Crippen molar-refractivity contribution in [3.8, 4) is 0 Å². The molecule has 1 aromatic carbocycles. The van der Waals surface area contributed by atoms with Gasteiger partial charge in [0.15, 0.2) is 0 Å². The lowest BCUT2D eigenvalue weighted by atomic mass is 9.76. The van der Waals surface area contributed by atoms with Crippen LogP contribution in [0.4, 0.5) is 0 Å². The second-order valence-corrected chi connectivity index (χ2v) is 5.95. The summed E-state index contributed by atoms with van der Waals surface area (Å²) >= 11 is 18.4. The lowest BCUT2D eigenvalue weighted by molar-refractivity contribution is -0.0780. The van der Waals surface area contributed by atoms with Crippen molar-refractivity contribution in [2.75, 3.05) is 7.11 Å². The summed E-state index contributed by atoms with van der Waals surface area (Å²) < 4.78 is 5.58. The molecule has 0 N–H and O–H groups in total. The van der Waals surface area contributed by atoms with Gasteiger partial charge in [0.05, 0.1) is 11.0 Å². The molecule has 1 aliphatic rings. The molecule has 0 bridgehead atoms. The zero-order chi connectivity index (χ0) is 12.5. The Hall–Kier alpha value is 0.0500. The quantitative estimate of drug-likeness (QED) is 0.690. The van der Waals surface area contributed by atoms with Crippen LogP contribution in [-0.4, -0.2) is 12.7 Å². The zero-order valence-corrected chi connectivity index (χ0v) is 11.9. The molecule has 2 rings (SSSR count). The predicted molar refractivity (Wildman–Crippen MR) is 73.3 cm³/mol. The number of halogens is 3. The molecule has 0 amide bonds. The van der Waals surface area contributed by atoms with Gasteiger partial charge in [0.2, 0.25) is 0 Å². The minimum atomic E-state index is -0.125. The summed E-state index contributed by atoms with van der Waals surface area (Å²) in [7, 11) is 1.76. The molecule has 0 saturated heterocycles. The van der Waals surface area contributed by atoms with Gasteiger partial charge in [-0.15, -0.1) is 11.6 Å². The number of rotatable bonds is 4. The van der Waals surface area contributed by atoms with Gasteiger partial charge >= 0.3 is 0 Å². The summed E-state index contributed by atoms with van der Waals surface area (Å²) in [5.41, 5.74) is 0.885. The Morgan fingerprint density at radius 2 is 2.06 bits per heavy atom. The smallest absolute Gasteiger partial charge is 0.0696 e. The fourth-order valence-corrected chi connectivity index (χ4v) is 3.32. The van der Waals surface area contributed by atoms with Crippen LogP contribution in [0, 0.1) is 0 Å². The Balaban J connectivity index is 2.11. The summed E-state index contributed by atoms with van der Waals surface area (Å²) in [4.78, 5) is 0. The third kappa shape index (κ3) is 2.90. The van der Waals surface area contributed by atoms with Crippen molar-refractivity contribution in [2.45, 2.75) is 36.7 Å². The number of alkyl halides is 1. The van der Waals surface area contributed by atoms with Crippen LogP contribution in [0.15, 0.2) is 18.2 Å². The van der Waals surface area contributed by atoms with Crippen LogP contribution in [0.2, 0.25) is 10.0 Å². The standard InChI is InChI=1S/C13H15Cl3O/c1-17-13(5-2-6-13)8-12(16)10-4-3-9(14)7-11(10)15/h3-4,7,12H,2,5-6,8H2,1H3. The van der Waals surface area contributed by atoms with E-state index in [4.69, 9.17) is 39.5 Å². The van der Waals surface area contributed by atoms with Gasteiger partial charge in [-0.05, 0) is 43.4 Å². The number of ether oxygens (including phenoxy) is 1. The molecule has 0 radical (unpaired) electrons. The van der Waals surface area contributed by atoms with Gasteiger partial charge < -0.3 is 4.74 Å². The van der Waals surface area contributed by atoms with Crippen LogP contribution in [0.1, 0.15) is 36.6 Å². The summed E-state index contributed by atoms with van der Waals surface area (Å²) in [6, 6.07) is 5.44. The minimum absolute atomic E-state index is 0.0462. The monoisotopic (exact) mass is 292 g/mol. The van der Waals surface area contributed by atoms with Crippen molar-refractivity contribution >= 4 is 34.8 Å². The Labute approximate surface area is 117 Å². The number of hydrogen-bond donors (Lipinski definition) is 0. The number of benzene rings is 1. The first-order chi connectivity index (χ1) is 8.06. The maximum absolute atomic E-state index is 6.43. The Morgan fingerprint density at radius 3 is 2.53 bits per heavy atom. The normalized spacial score (nSPS) is 19.8. The van der Waals surface area contributed by atoms with Crippen molar-refractivity contribution in [3.05, 3.63) is 33.8 Å². The first kappa shape index (κ1) is 13.5. The maximum Gasteiger partial charge on any atom is 0.0696 e. The number of hydrogen-bond acceptors (Lipinski definition) is 1. The van der Waals surface area contributed by atoms with E-state index in [0.29, 0.717) is 10.0 Å². The van der Waals surface area contributed by atoms with Crippen LogP contribution in [-0.2, 0) is 4.74 Å². The average Bonchev–Trinajstić information content (AvgIpc) is 2.23. The first-order valence-electron chi connectivity index (χ1n) is 5.70. The van der Waals surface area contributed by atoms with Gasteiger partial charge in [-0.25, -0.2) is 0 Å². The number of methoxy groups -OCH3 is 1. The van der Waals surface area contributed by atoms with E-state index in [1.165, 1.54) is 6.42 Å². The van der Waals surface area contributed by atoms with E-state index in [1.54, 1.807) is 13.2 Å². The molecule has 1 aliphatic carbocycles. The highest BCUT2D eigenvalue weighted by molar-refractivity contribution is 6.35. The Bertz CT molecular complexity index is 396. The van der Waals surface area contributed by atoms with E-state index in [0.717, 1.165) is 24.8 Å². The van der Waals surface area contributed by atoms with Crippen molar-refractivity contribution in [3.63, 3.8) is 0 Å². The second-order valence-electron chi connectivity index (χ2n) is 4.58. The van der Waals surface area contributed by atoms with Gasteiger partial charge in [0.25, 0.3) is 0 Å². The molecule has 1 saturated carbocycles. The van der Waals surface area contributed by atoms with Gasteiger partial charge in [0, 0.05) is 17.2 Å². The molecule has 1 aromatic rings. The summed E-state index contributed by atoms with van der Waals surface area (Å²) in [6.45, 7) is 0. The van der Waals surface area contributed by atoms with Gasteiger partial charge in [-0.1, -0.05) is 29.3 Å². The molecular weight excluding hydrogens is 279 g/mol. The van der Waals surface area contributed by atoms with E-state index in [1.807, 2.05) is 12.1 Å². The first-order valence-corrected chi connectivity index (χ1v) is 6.90. The summed E-state index contributed by atoms with van der Waals surface area (Å²) in [6.07, 6.45) is 4.17. The van der Waals surface area contributed by atoms with Crippen LogP contribution in [0.5, 0.6) is 0 Å². The van der Waals surface area contributed by atoms with Crippen molar-refractivity contribution < 1.29 is 4.74 Å². The molecule has 94 valence electrons. The van der Waals surface area contributed by atoms with Crippen molar-refractivity contribution in [1.82, 2.24) is 0 Å². The second kappa shape index (κ2) is 5.36. The molecular formula is C13H15Cl3O. The Morgan fingerprint density at radius 1 is 1.35 bits per heavy atom. The zero-order valence-electron chi connectivity index (χ0n) is 9.68. The molecule has 0 aliphatic heterocycles. The molecule has 1 fully saturated rings. The molecule has 17 heavy (non-hydrogen) atoms. The van der Waals surface area contributed by atoms with Crippen LogP contribution in [0.25, 0.3) is 0 Å². The van der Waals surface area contributed by atoms with Crippen LogP contribution >= 0.6 is 34.8 Å². The van der Waals surface area contributed by atoms with E-state index >= 15 is 0 Å². The minimum Gasteiger partial charge on any atom is -0.378 e. The molecule has 1 atom stereocenters. The lowest BCUT2D eigenvalue weighted by Gasteiger charge is -2.42. The van der Waals surface area contributed by atoms with Crippen molar-refractivity contribution in [1.29, 1.82) is 0 Å². The highest BCUT2D eigenvalue weighted by atomic mass is 35.5. The SMILES string of the molecule is COC1(CC(Cl)c2ccc(Cl)cc2Cl)CCC1. The van der Waals surface area contributed by atoms with Crippen molar-refractivity contribution in [2.24, 2.45) is 0 Å². The van der Waals surface area contributed by atoms with E-state index < -0.39 is 0 Å². The third-order valence-electron chi connectivity index (χ3n) is 3.55.